The predicted octanol–water partition coefficient (Wildman–Crippen LogP) is 1.57. The van der Waals surface area contributed by atoms with Gasteiger partial charge in [-0.3, -0.25) is 0 Å². The Morgan fingerprint density at radius 2 is 2.00 bits per heavy atom. The van der Waals surface area contributed by atoms with Crippen molar-refractivity contribution in [2.75, 3.05) is 0 Å². The van der Waals surface area contributed by atoms with Crippen LogP contribution in [0.1, 0.15) is 11.1 Å². The number of halogens is 1. The number of aromatic hydroxyl groups is 1. The zero-order valence-corrected chi connectivity index (χ0v) is 8.07. The number of hydrogen-bond donors (Lipinski definition) is 1. The fourth-order valence-corrected chi connectivity index (χ4v) is 1.28. The Hall–Kier alpha value is -0.435. The van der Waals surface area contributed by atoms with Crippen molar-refractivity contribution in [1.82, 2.24) is 0 Å². The standard InChI is InChI=1S/C8H8BBrO/c1-4-3-6(9)8(11)5(2)7(4)10/h3,11H,1-2H3. The summed E-state index contributed by atoms with van der Waals surface area (Å²) in [6.45, 7) is 3.76. The monoisotopic (exact) mass is 210 g/mol. The van der Waals surface area contributed by atoms with Crippen molar-refractivity contribution in [3.05, 3.63) is 21.7 Å². The third kappa shape index (κ3) is 1.43. The Morgan fingerprint density at radius 3 is 2.55 bits per heavy atom. The molecule has 0 aliphatic heterocycles. The number of rotatable bonds is 0. The number of benzene rings is 1. The number of aryl methyl sites for hydroxylation is 1. The van der Waals surface area contributed by atoms with E-state index >= 15 is 0 Å². The van der Waals surface area contributed by atoms with Gasteiger partial charge in [0, 0.05) is 10.0 Å². The molecule has 0 spiro atoms. The van der Waals surface area contributed by atoms with Crippen molar-refractivity contribution in [3.8, 4) is 5.75 Å². The van der Waals surface area contributed by atoms with Crippen LogP contribution in [0.2, 0.25) is 0 Å². The van der Waals surface area contributed by atoms with Gasteiger partial charge in [-0.1, -0.05) is 27.5 Å². The summed E-state index contributed by atoms with van der Waals surface area (Å²) in [5.74, 6) is 0.169. The molecule has 0 amide bonds. The molecule has 0 aromatic heterocycles. The molecule has 0 aliphatic carbocycles. The van der Waals surface area contributed by atoms with Crippen molar-refractivity contribution >= 4 is 29.2 Å². The summed E-state index contributed by atoms with van der Waals surface area (Å²) < 4.78 is 0.921. The third-order valence-corrected chi connectivity index (χ3v) is 2.90. The van der Waals surface area contributed by atoms with E-state index in [-0.39, 0.29) is 5.75 Å². The largest absolute Gasteiger partial charge is 0.508 e. The molecule has 1 N–H and O–H groups in total. The quantitative estimate of drug-likeness (QED) is 0.645. The van der Waals surface area contributed by atoms with Crippen LogP contribution in [0, 0.1) is 13.8 Å². The SMILES string of the molecule is [B]c1cc(C)c(Br)c(C)c1O. The topological polar surface area (TPSA) is 20.2 Å². The maximum absolute atomic E-state index is 9.36. The van der Waals surface area contributed by atoms with Crippen molar-refractivity contribution in [2.24, 2.45) is 0 Å². The van der Waals surface area contributed by atoms with Crippen molar-refractivity contribution in [2.45, 2.75) is 13.8 Å². The second-order valence-corrected chi connectivity index (χ2v) is 3.36. The van der Waals surface area contributed by atoms with Gasteiger partial charge in [-0.05, 0) is 19.4 Å². The summed E-state index contributed by atoms with van der Waals surface area (Å²) in [5, 5.41) is 9.36. The normalized spacial score (nSPS) is 10.1. The molecule has 1 aromatic carbocycles. The van der Waals surface area contributed by atoms with Crippen LogP contribution < -0.4 is 5.46 Å². The molecule has 3 heteroatoms. The van der Waals surface area contributed by atoms with E-state index in [9.17, 15) is 5.11 Å². The van der Waals surface area contributed by atoms with E-state index in [0.29, 0.717) is 5.46 Å². The average Bonchev–Trinajstić information content (AvgIpc) is 1.97. The van der Waals surface area contributed by atoms with Crippen LogP contribution in [0.5, 0.6) is 5.75 Å². The summed E-state index contributed by atoms with van der Waals surface area (Å²) in [5.41, 5.74) is 2.27. The summed E-state index contributed by atoms with van der Waals surface area (Å²) in [6.07, 6.45) is 0. The van der Waals surface area contributed by atoms with Gasteiger partial charge >= 0.3 is 0 Å². The second kappa shape index (κ2) is 2.90. The Morgan fingerprint density at radius 1 is 1.45 bits per heavy atom. The predicted molar refractivity (Wildman–Crippen MR) is 50.7 cm³/mol. The minimum Gasteiger partial charge on any atom is -0.508 e. The molecule has 11 heavy (non-hydrogen) atoms. The molecule has 0 atom stereocenters. The minimum atomic E-state index is 0.169. The maximum atomic E-state index is 9.36. The summed E-state index contributed by atoms with van der Waals surface area (Å²) in [7, 11) is 5.52. The molecule has 0 saturated carbocycles. The van der Waals surface area contributed by atoms with Crippen molar-refractivity contribution < 1.29 is 5.11 Å². The number of phenols is 1. The van der Waals surface area contributed by atoms with E-state index in [1.807, 2.05) is 13.8 Å². The average molecular weight is 211 g/mol. The molecule has 2 radical (unpaired) electrons. The lowest BCUT2D eigenvalue weighted by Gasteiger charge is -2.08. The molecule has 0 fully saturated rings. The molecular formula is C8H8BBrO. The van der Waals surface area contributed by atoms with Crippen LogP contribution in [-0.2, 0) is 0 Å². The lowest BCUT2D eigenvalue weighted by Crippen LogP contribution is -2.05. The molecule has 0 unspecified atom stereocenters. The van der Waals surface area contributed by atoms with E-state index in [2.05, 4.69) is 15.9 Å². The highest BCUT2D eigenvalue weighted by molar-refractivity contribution is 9.10. The molecule has 1 rings (SSSR count). The van der Waals surface area contributed by atoms with Crippen LogP contribution in [0.25, 0.3) is 0 Å². The van der Waals surface area contributed by atoms with Gasteiger partial charge in [-0.15, -0.1) is 0 Å². The van der Waals surface area contributed by atoms with Gasteiger partial charge < -0.3 is 5.11 Å². The van der Waals surface area contributed by atoms with Crippen LogP contribution in [0.15, 0.2) is 10.5 Å². The van der Waals surface area contributed by atoms with Crippen LogP contribution >= 0.6 is 15.9 Å². The number of phenolic OH excluding ortho intramolecular Hbond substituents is 1. The highest BCUT2D eigenvalue weighted by atomic mass is 79.9. The zero-order chi connectivity index (χ0) is 8.59. The maximum Gasteiger partial charge on any atom is 0.119 e. The Labute approximate surface area is 76.0 Å². The van der Waals surface area contributed by atoms with E-state index in [1.54, 1.807) is 6.07 Å². The first-order chi connectivity index (χ1) is 5.04. The molecule has 0 saturated heterocycles. The van der Waals surface area contributed by atoms with Gasteiger partial charge in [0.2, 0.25) is 0 Å². The smallest absolute Gasteiger partial charge is 0.119 e. The Balaban J connectivity index is 3.46. The van der Waals surface area contributed by atoms with Gasteiger partial charge in [0.1, 0.15) is 13.6 Å². The van der Waals surface area contributed by atoms with Gasteiger partial charge in [0.15, 0.2) is 0 Å². The second-order valence-electron chi connectivity index (χ2n) is 2.57. The van der Waals surface area contributed by atoms with Gasteiger partial charge in [-0.25, -0.2) is 0 Å². The van der Waals surface area contributed by atoms with E-state index in [4.69, 9.17) is 7.85 Å². The molecule has 0 heterocycles. The lowest BCUT2D eigenvalue weighted by atomic mass is 9.91. The van der Waals surface area contributed by atoms with E-state index in [0.717, 1.165) is 15.6 Å². The fourth-order valence-electron chi connectivity index (χ4n) is 0.981. The first-order valence-corrected chi connectivity index (χ1v) is 4.07. The lowest BCUT2D eigenvalue weighted by molar-refractivity contribution is 0.475. The molecule has 0 aliphatic rings. The van der Waals surface area contributed by atoms with Gasteiger partial charge in [0.25, 0.3) is 0 Å². The molecule has 1 nitrogen and oxygen atoms in total. The van der Waals surface area contributed by atoms with Gasteiger partial charge in [-0.2, -0.15) is 0 Å². The van der Waals surface area contributed by atoms with Crippen LogP contribution in [0.3, 0.4) is 0 Å². The summed E-state index contributed by atoms with van der Waals surface area (Å²) in [4.78, 5) is 0. The molecule has 56 valence electrons. The third-order valence-electron chi connectivity index (χ3n) is 1.68. The zero-order valence-electron chi connectivity index (χ0n) is 6.48. The first kappa shape index (κ1) is 8.66. The fraction of sp³-hybridized carbons (Fsp3) is 0.250. The summed E-state index contributed by atoms with van der Waals surface area (Å²) in [6, 6.07) is 1.74. The minimum absolute atomic E-state index is 0.169. The van der Waals surface area contributed by atoms with Crippen molar-refractivity contribution in [1.29, 1.82) is 0 Å². The molecule has 0 bridgehead atoms. The number of hydrogen-bond acceptors (Lipinski definition) is 1. The van der Waals surface area contributed by atoms with Crippen molar-refractivity contribution in [3.63, 3.8) is 0 Å². The van der Waals surface area contributed by atoms with E-state index < -0.39 is 0 Å². The molecule has 1 aromatic rings. The van der Waals surface area contributed by atoms with Crippen LogP contribution in [-0.4, -0.2) is 13.0 Å². The Kier molecular flexibility index (Phi) is 2.28. The van der Waals surface area contributed by atoms with Gasteiger partial charge in [0.05, 0.1) is 0 Å². The summed E-state index contributed by atoms with van der Waals surface area (Å²) >= 11 is 3.35. The molecular weight excluding hydrogens is 203 g/mol. The Bertz CT molecular complexity index is 270. The first-order valence-electron chi connectivity index (χ1n) is 3.28. The van der Waals surface area contributed by atoms with E-state index in [1.165, 1.54) is 0 Å². The highest BCUT2D eigenvalue weighted by Crippen LogP contribution is 2.25. The highest BCUT2D eigenvalue weighted by Gasteiger charge is 2.05. The van der Waals surface area contributed by atoms with Crippen LogP contribution in [0.4, 0.5) is 0 Å².